The van der Waals surface area contributed by atoms with E-state index in [1.165, 1.54) is 18.2 Å². The molecule has 180 valence electrons. The zero-order valence-corrected chi connectivity index (χ0v) is 20.6. The van der Waals surface area contributed by atoms with Gasteiger partial charge in [-0.05, 0) is 54.4 Å². The number of aliphatic hydroxyl groups excluding tert-OH is 1. The molecule has 0 aliphatic carbocycles. The second-order valence-electron chi connectivity index (χ2n) is 9.09. The van der Waals surface area contributed by atoms with Crippen LogP contribution in [-0.4, -0.2) is 19.3 Å². The van der Waals surface area contributed by atoms with Crippen molar-refractivity contribution >= 4 is 27.2 Å². The number of fused-ring (bicyclic) bond motifs is 1. The van der Waals surface area contributed by atoms with Crippen molar-refractivity contribution in [2.75, 3.05) is 10.0 Å². The molecule has 4 rings (SSSR count). The predicted molar refractivity (Wildman–Crippen MR) is 135 cm³/mol. The Bertz CT molecular complexity index is 1440. The Morgan fingerprint density at radius 2 is 1.91 bits per heavy atom. The highest BCUT2D eigenvalue weighted by Gasteiger charge is 2.28. The standard InChI is InChI=1S/C27H27N3O4S/c1-16(2)27(32)19-6-4-5-18(11-19)25-14-26(31)23-13-22(9-10-24(23)29-25)35(33,34)30-21-8-7-17(3)20(12-21)15-28/h4-13,16,25-26,29-31H,14H2,1-3H3. The number of nitrogens with one attached hydrogen (secondary N) is 2. The second-order valence-corrected chi connectivity index (χ2v) is 10.8. The summed E-state index contributed by atoms with van der Waals surface area (Å²) in [4.78, 5) is 12.4. The number of Topliss-reactive ketones (excluding diaryl/α,β-unsaturated/α-hetero) is 1. The summed E-state index contributed by atoms with van der Waals surface area (Å²) in [5.74, 6) is -0.0577. The molecular formula is C27H27N3O4S. The van der Waals surface area contributed by atoms with Gasteiger partial charge in [-0.2, -0.15) is 5.26 Å². The van der Waals surface area contributed by atoms with Crippen LogP contribution in [0.2, 0.25) is 0 Å². The molecule has 0 saturated carbocycles. The molecule has 35 heavy (non-hydrogen) atoms. The van der Waals surface area contributed by atoms with Crippen molar-refractivity contribution in [1.29, 1.82) is 5.26 Å². The minimum Gasteiger partial charge on any atom is -0.388 e. The van der Waals surface area contributed by atoms with Crippen molar-refractivity contribution in [2.45, 2.75) is 44.2 Å². The zero-order valence-electron chi connectivity index (χ0n) is 19.7. The smallest absolute Gasteiger partial charge is 0.261 e. The number of anilines is 2. The summed E-state index contributed by atoms with van der Waals surface area (Å²) in [6.07, 6.45) is -0.562. The fourth-order valence-electron chi connectivity index (χ4n) is 4.19. The van der Waals surface area contributed by atoms with Crippen molar-refractivity contribution in [3.8, 4) is 6.07 Å². The van der Waals surface area contributed by atoms with Gasteiger partial charge in [-0.3, -0.25) is 9.52 Å². The number of rotatable bonds is 6. The number of benzene rings is 3. The average Bonchev–Trinajstić information content (AvgIpc) is 2.84. The Balaban J connectivity index is 1.59. The van der Waals surface area contributed by atoms with Crippen LogP contribution >= 0.6 is 0 Å². The van der Waals surface area contributed by atoms with E-state index in [-0.39, 0.29) is 22.6 Å². The molecule has 3 aromatic rings. The molecule has 2 unspecified atom stereocenters. The van der Waals surface area contributed by atoms with Crippen LogP contribution in [0.4, 0.5) is 11.4 Å². The average molecular weight is 490 g/mol. The van der Waals surface area contributed by atoms with Gasteiger partial charge in [0.05, 0.1) is 34.4 Å². The largest absolute Gasteiger partial charge is 0.388 e. The molecule has 1 aliphatic rings. The summed E-state index contributed by atoms with van der Waals surface area (Å²) in [7, 11) is -3.93. The van der Waals surface area contributed by atoms with E-state index in [4.69, 9.17) is 0 Å². The van der Waals surface area contributed by atoms with E-state index in [0.29, 0.717) is 34.5 Å². The van der Waals surface area contributed by atoms with Gasteiger partial charge in [-0.1, -0.05) is 38.1 Å². The van der Waals surface area contributed by atoms with Gasteiger partial charge in [-0.25, -0.2) is 8.42 Å². The van der Waals surface area contributed by atoms with Gasteiger partial charge in [0, 0.05) is 29.2 Å². The number of hydrogen-bond donors (Lipinski definition) is 3. The third-order valence-electron chi connectivity index (χ3n) is 6.19. The lowest BCUT2D eigenvalue weighted by atomic mass is 9.89. The second kappa shape index (κ2) is 9.53. The van der Waals surface area contributed by atoms with Crippen molar-refractivity contribution < 1.29 is 18.3 Å². The normalized spacial score (nSPS) is 17.3. The fraction of sp³-hybridized carbons (Fsp3) is 0.259. The van der Waals surface area contributed by atoms with E-state index in [9.17, 15) is 23.6 Å². The minimum absolute atomic E-state index is 0.0131. The number of aryl methyl sites for hydroxylation is 1. The summed E-state index contributed by atoms with van der Waals surface area (Å²) in [5, 5.41) is 23.5. The molecule has 0 spiro atoms. The maximum Gasteiger partial charge on any atom is 0.261 e. The van der Waals surface area contributed by atoms with Gasteiger partial charge in [-0.15, -0.1) is 0 Å². The molecule has 0 saturated heterocycles. The zero-order chi connectivity index (χ0) is 25.3. The Labute approximate surface area is 205 Å². The highest BCUT2D eigenvalue weighted by Crippen LogP contribution is 2.40. The Morgan fingerprint density at radius 3 is 2.63 bits per heavy atom. The van der Waals surface area contributed by atoms with Gasteiger partial charge in [0.25, 0.3) is 10.0 Å². The Hall–Kier alpha value is -3.67. The van der Waals surface area contributed by atoms with Crippen molar-refractivity contribution in [3.05, 3.63) is 88.5 Å². The number of sulfonamides is 1. The number of carbonyl (C=O) groups is 1. The molecule has 3 N–H and O–H groups in total. The van der Waals surface area contributed by atoms with Crippen molar-refractivity contribution in [2.24, 2.45) is 5.92 Å². The first-order chi connectivity index (χ1) is 16.6. The number of aliphatic hydroxyl groups is 1. The number of hydrogen-bond acceptors (Lipinski definition) is 6. The van der Waals surface area contributed by atoms with E-state index in [2.05, 4.69) is 10.0 Å². The molecular weight excluding hydrogens is 462 g/mol. The van der Waals surface area contributed by atoms with Crippen molar-refractivity contribution in [1.82, 2.24) is 0 Å². The lowest BCUT2D eigenvalue weighted by Crippen LogP contribution is -2.23. The molecule has 0 amide bonds. The highest BCUT2D eigenvalue weighted by atomic mass is 32.2. The third kappa shape index (κ3) is 5.06. The first kappa shape index (κ1) is 24.5. The molecule has 0 aromatic heterocycles. The van der Waals surface area contributed by atoms with Gasteiger partial charge in [0.2, 0.25) is 0 Å². The maximum atomic E-state index is 13.0. The van der Waals surface area contributed by atoms with Crippen LogP contribution < -0.4 is 10.0 Å². The van der Waals surface area contributed by atoms with Gasteiger partial charge in [0.15, 0.2) is 5.78 Å². The van der Waals surface area contributed by atoms with Crippen LogP contribution in [0, 0.1) is 24.2 Å². The topological polar surface area (TPSA) is 119 Å². The summed E-state index contributed by atoms with van der Waals surface area (Å²) in [6, 6.07) is 18.5. The van der Waals surface area contributed by atoms with E-state index >= 15 is 0 Å². The van der Waals surface area contributed by atoms with Crippen LogP contribution in [0.25, 0.3) is 0 Å². The van der Waals surface area contributed by atoms with E-state index in [1.54, 1.807) is 31.2 Å². The minimum atomic E-state index is -3.93. The fourth-order valence-corrected chi connectivity index (χ4v) is 5.28. The van der Waals surface area contributed by atoms with Crippen LogP contribution in [-0.2, 0) is 10.0 Å². The summed E-state index contributed by atoms with van der Waals surface area (Å²) in [5.41, 5.74) is 4.07. The number of ketones is 1. The third-order valence-corrected chi connectivity index (χ3v) is 7.57. The molecule has 0 bridgehead atoms. The number of nitrogens with zero attached hydrogens (tertiary/aromatic N) is 1. The van der Waals surface area contributed by atoms with E-state index < -0.39 is 16.1 Å². The maximum absolute atomic E-state index is 13.0. The Morgan fingerprint density at radius 1 is 1.14 bits per heavy atom. The predicted octanol–water partition coefficient (Wildman–Crippen LogP) is 5.10. The molecule has 1 aliphatic heterocycles. The molecule has 7 nitrogen and oxygen atoms in total. The lowest BCUT2D eigenvalue weighted by molar-refractivity contribution is 0.0939. The summed E-state index contributed by atoms with van der Waals surface area (Å²) >= 11 is 0. The molecule has 0 radical (unpaired) electrons. The molecule has 3 aromatic carbocycles. The summed E-state index contributed by atoms with van der Waals surface area (Å²) < 4.78 is 28.5. The number of nitriles is 1. The van der Waals surface area contributed by atoms with Crippen LogP contribution in [0.5, 0.6) is 0 Å². The van der Waals surface area contributed by atoms with Crippen LogP contribution in [0.1, 0.15) is 65.0 Å². The quantitative estimate of drug-likeness (QED) is 0.415. The van der Waals surface area contributed by atoms with Crippen molar-refractivity contribution in [3.63, 3.8) is 0 Å². The molecule has 0 fully saturated rings. The van der Waals surface area contributed by atoms with Crippen LogP contribution in [0.3, 0.4) is 0 Å². The van der Waals surface area contributed by atoms with Gasteiger partial charge >= 0.3 is 0 Å². The first-order valence-corrected chi connectivity index (χ1v) is 12.8. The Kier molecular flexibility index (Phi) is 6.66. The first-order valence-electron chi connectivity index (χ1n) is 11.4. The summed E-state index contributed by atoms with van der Waals surface area (Å²) in [6.45, 7) is 5.49. The molecule has 1 heterocycles. The lowest BCUT2D eigenvalue weighted by Gasteiger charge is -2.31. The van der Waals surface area contributed by atoms with Gasteiger partial charge < -0.3 is 10.4 Å². The number of carbonyl (C=O) groups excluding carboxylic acids is 1. The highest BCUT2D eigenvalue weighted by molar-refractivity contribution is 7.92. The van der Waals surface area contributed by atoms with E-state index in [1.807, 2.05) is 38.1 Å². The van der Waals surface area contributed by atoms with Crippen LogP contribution in [0.15, 0.2) is 65.6 Å². The monoisotopic (exact) mass is 489 g/mol. The SMILES string of the molecule is Cc1ccc(NS(=O)(=O)c2ccc3c(c2)C(O)CC(c2cccc(C(=O)C(C)C)c2)N3)cc1C#N. The van der Waals surface area contributed by atoms with E-state index in [0.717, 1.165) is 11.1 Å². The molecule has 8 heteroatoms. The molecule has 2 atom stereocenters. The van der Waals surface area contributed by atoms with Gasteiger partial charge in [0.1, 0.15) is 0 Å².